The summed E-state index contributed by atoms with van der Waals surface area (Å²) in [7, 11) is 0. The molecule has 5 aromatic rings. The zero-order valence-electron chi connectivity index (χ0n) is 50.6. The van der Waals surface area contributed by atoms with Gasteiger partial charge in [-0.2, -0.15) is 0 Å². The van der Waals surface area contributed by atoms with E-state index < -0.39 is 0 Å². The fraction of sp³-hybridized carbons (Fsp3) is 0.577. The average Bonchev–Trinajstić information content (AvgIpc) is 3.51. The zero-order chi connectivity index (χ0) is 55.3. The van der Waals surface area contributed by atoms with Gasteiger partial charge < -0.3 is 58.2 Å². The number of halogens is 1. The molecule has 1 heterocycles. The molecule has 81 heavy (non-hydrogen) atoms. The van der Waals surface area contributed by atoms with E-state index in [4.69, 9.17) is 0 Å². The first-order chi connectivity index (χ1) is 39.7. The van der Waals surface area contributed by atoms with Crippen molar-refractivity contribution in [3.8, 4) is 0 Å². The van der Waals surface area contributed by atoms with Crippen LogP contribution < -0.4 is 39.0 Å². The number of unbranched alkanes of at least 4 members (excludes halogenated alkanes) is 10. The number of benzene rings is 5. The maximum atomic E-state index is 3.76. The Bertz CT molecular complexity index is 2100. The predicted molar refractivity (Wildman–Crippen MR) is 343 cm³/mol. The third-order valence-corrected chi connectivity index (χ3v) is 16.7. The zero-order valence-corrected chi connectivity index (χ0v) is 51.3. The van der Waals surface area contributed by atoms with Gasteiger partial charge in [0, 0.05) is 71.7 Å². The highest BCUT2D eigenvalue weighted by molar-refractivity contribution is 5.17. The lowest BCUT2D eigenvalue weighted by atomic mass is 10.1. The Labute approximate surface area is 501 Å². The second-order valence-corrected chi connectivity index (χ2v) is 23.4. The molecule has 0 spiro atoms. The Morgan fingerprint density at radius 2 is 0.519 bits per heavy atom. The van der Waals surface area contributed by atoms with Crippen LogP contribution in [0.15, 0.2) is 152 Å². The van der Waals surface area contributed by atoms with E-state index in [-0.39, 0.29) is 12.4 Å². The molecule has 0 aromatic heterocycles. The molecule has 0 radical (unpaired) electrons. The maximum absolute atomic E-state index is 3.76. The molecule has 9 nitrogen and oxygen atoms in total. The summed E-state index contributed by atoms with van der Waals surface area (Å²) in [5.41, 5.74) is 6.91. The van der Waals surface area contributed by atoms with Gasteiger partial charge in [0.2, 0.25) is 0 Å². The van der Waals surface area contributed by atoms with Gasteiger partial charge in [-0.15, -0.1) is 0 Å². The summed E-state index contributed by atoms with van der Waals surface area (Å²) in [4.78, 5) is 8.68. The first-order valence-electron chi connectivity index (χ1n) is 32.5. The van der Waals surface area contributed by atoms with E-state index in [0.29, 0.717) is 0 Å². The second kappa shape index (κ2) is 45.5. The van der Waals surface area contributed by atoms with E-state index in [1.807, 2.05) is 0 Å². The lowest BCUT2D eigenvalue weighted by molar-refractivity contribution is -0.929. The van der Waals surface area contributed by atoms with Crippen LogP contribution in [-0.2, 0) is 32.7 Å². The van der Waals surface area contributed by atoms with Gasteiger partial charge >= 0.3 is 0 Å². The lowest BCUT2D eigenvalue weighted by Crippen LogP contribution is -3.00. The summed E-state index contributed by atoms with van der Waals surface area (Å²) in [5.74, 6) is 0. The minimum absolute atomic E-state index is 0. The smallest absolute Gasteiger partial charge is 0.0799 e. The predicted octanol–water partition coefficient (Wildman–Crippen LogP) is 9.70. The van der Waals surface area contributed by atoms with E-state index in [2.05, 4.69) is 193 Å². The molecule has 0 saturated carbocycles. The monoisotopic (exact) mass is 1130 g/mol. The van der Waals surface area contributed by atoms with Gasteiger partial charge in [0.15, 0.2) is 0 Å². The molecule has 5 aromatic carbocycles. The van der Waals surface area contributed by atoms with Crippen LogP contribution >= 0.6 is 0 Å². The van der Waals surface area contributed by atoms with E-state index in [1.54, 1.807) is 0 Å². The van der Waals surface area contributed by atoms with Gasteiger partial charge in [0.1, 0.15) is 0 Å². The molecule has 10 heteroatoms. The maximum Gasteiger partial charge on any atom is 0.0799 e. The molecule has 0 aliphatic carbocycles. The highest BCUT2D eigenvalue weighted by atomic mass is 35.5. The standard InChI is InChI=1S/C71H112N9.ClH/c1-11-34-67(35-12-1)62-72-44-21-6-26-49-77-52-31-53-78(50-27-7-22-45-73-63-68-36-13-2-14-37-68)56-57-79(51-28-8-23-46-74-64-69-38-15-3-16-39-69)55-33-61-80(60-32-54-77,58-29-9-24-47-75-65-70-40-17-4-18-41-70)59-30-10-25-48-76-66-71-42-19-5-20-43-71;/h1-5,11-20,34-43,72-76H,6-10,21-33,44-66H2;1H/q+1;/p-1. The largest absolute Gasteiger partial charge is 1.00 e. The molecule has 6 rings (SSSR count). The van der Waals surface area contributed by atoms with Crippen LogP contribution in [0.25, 0.3) is 0 Å². The molecule has 1 fully saturated rings. The van der Waals surface area contributed by atoms with Crippen LogP contribution in [0.1, 0.15) is 143 Å². The van der Waals surface area contributed by atoms with Crippen molar-refractivity contribution < 1.29 is 16.9 Å². The van der Waals surface area contributed by atoms with Gasteiger partial charge in [-0.05, 0) is 177 Å². The van der Waals surface area contributed by atoms with Gasteiger partial charge in [-0.1, -0.05) is 171 Å². The first-order valence-corrected chi connectivity index (χ1v) is 32.5. The van der Waals surface area contributed by atoms with Crippen molar-refractivity contribution in [2.45, 2.75) is 148 Å². The Morgan fingerprint density at radius 1 is 0.272 bits per heavy atom. The Morgan fingerprint density at radius 3 is 0.802 bits per heavy atom. The number of nitrogens with one attached hydrogen (secondary N) is 5. The normalized spacial score (nSPS) is 15.2. The van der Waals surface area contributed by atoms with Gasteiger partial charge in [0.25, 0.3) is 0 Å². The Hall–Kier alpha value is -3.97. The van der Waals surface area contributed by atoms with Crippen LogP contribution in [0.5, 0.6) is 0 Å². The van der Waals surface area contributed by atoms with Crippen molar-refractivity contribution in [3.05, 3.63) is 179 Å². The molecule has 0 amide bonds. The summed E-state index contributed by atoms with van der Waals surface area (Å²) in [6.45, 7) is 26.6. The molecule has 0 atom stereocenters. The fourth-order valence-corrected chi connectivity index (χ4v) is 11.9. The number of rotatable bonds is 40. The number of quaternary nitrogens is 1. The highest BCUT2D eigenvalue weighted by Crippen LogP contribution is 2.19. The third-order valence-electron chi connectivity index (χ3n) is 16.7. The van der Waals surface area contributed by atoms with Crippen molar-refractivity contribution in [2.24, 2.45) is 0 Å². The molecule has 0 bridgehead atoms. The van der Waals surface area contributed by atoms with Crippen LogP contribution in [0.4, 0.5) is 0 Å². The Kier molecular flexibility index (Phi) is 38.1. The molecule has 448 valence electrons. The van der Waals surface area contributed by atoms with E-state index in [9.17, 15) is 0 Å². The number of nitrogens with zero attached hydrogens (tertiary/aromatic N) is 4. The molecule has 1 aliphatic rings. The summed E-state index contributed by atoms with van der Waals surface area (Å²) in [6, 6.07) is 54.5. The minimum Gasteiger partial charge on any atom is -1.00 e. The topological polar surface area (TPSA) is 69.9 Å². The SMILES string of the molecule is [Cl-].c1ccc(CNCCCCCN2CCCN(CCCCCNCc3ccccc3)CCN(CCCCCNCc3ccccc3)CCC[N+](CCCCCNCc3ccccc3)(CCCCCNCc3ccccc3)CCC2)cc1. The van der Waals surface area contributed by atoms with Crippen molar-refractivity contribution in [1.29, 1.82) is 0 Å². The summed E-state index contributed by atoms with van der Waals surface area (Å²) in [5, 5.41) is 18.7. The van der Waals surface area contributed by atoms with E-state index >= 15 is 0 Å². The van der Waals surface area contributed by atoms with Crippen molar-refractivity contribution in [3.63, 3.8) is 0 Å². The van der Waals surface area contributed by atoms with E-state index in [0.717, 1.165) is 65.4 Å². The van der Waals surface area contributed by atoms with Gasteiger partial charge in [-0.3, -0.25) is 0 Å². The summed E-state index contributed by atoms with van der Waals surface area (Å²) < 4.78 is 1.31. The minimum atomic E-state index is 0. The molecule has 0 unspecified atom stereocenters. The summed E-state index contributed by atoms with van der Waals surface area (Å²) >= 11 is 0. The third kappa shape index (κ3) is 32.6. The van der Waals surface area contributed by atoms with Crippen LogP contribution in [-0.4, -0.2) is 137 Å². The van der Waals surface area contributed by atoms with Crippen LogP contribution in [0, 0.1) is 0 Å². The van der Waals surface area contributed by atoms with E-state index in [1.165, 1.54) is 233 Å². The van der Waals surface area contributed by atoms with Crippen molar-refractivity contribution in [2.75, 3.05) is 118 Å². The molecule has 1 saturated heterocycles. The summed E-state index contributed by atoms with van der Waals surface area (Å²) in [6.07, 6.45) is 23.2. The van der Waals surface area contributed by atoms with Gasteiger partial charge in [-0.25, -0.2) is 0 Å². The fourth-order valence-electron chi connectivity index (χ4n) is 11.9. The van der Waals surface area contributed by atoms with Crippen LogP contribution in [0.3, 0.4) is 0 Å². The Balaban J connectivity index is 0.0000120. The molecular weight excluding hydrogens is 1010 g/mol. The van der Waals surface area contributed by atoms with Crippen molar-refractivity contribution >= 4 is 0 Å². The second-order valence-electron chi connectivity index (χ2n) is 23.4. The van der Waals surface area contributed by atoms with Gasteiger partial charge in [0.05, 0.1) is 26.2 Å². The van der Waals surface area contributed by atoms with Crippen LogP contribution in [0.2, 0.25) is 0 Å². The lowest BCUT2D eigenvalue weighted by Gasteiger charge is -2.40. The van der Waals surface area contributed by atoms with Crippen molar-refractivity contribution in [1.82, 2.24) is 41.3 Å². The molecule has 5 N–H and O–H groups in total. The first kappa shape index (κ1) is 67.8. The quantitative estimate of drug-likeness (QED) is 0.0197. The molecule has 1 aliphatic heterocycles. The highest BCUT2D eigenvalue weighted by Gasteiger charge is 2.27. The molecular formula is C71H112ClN9. The number of hydrogen-bond donors (Lipinski definition) is 5. The number of hydrogen-bond acceptors (Lipinski definition) is 8. The average molecular weight is 1130 g/mol.